The van der Waals surface area contributed by atoms with Crippen molar-refractivity contribution in [3.8, 4) is 0 Å². The van der Waals surface area contributed by atoms with E-state index in [4.69, 9.17) is 5.11 Å². The van der Waals surface area contributed by atoms with Crippen molar-refractivity contribution in [1.29, 1.82) is 0 Å². The van der Waals surface area contributed by atoms with Crippen LogP contribution in [0.4, 0.5) is 0 Å². The van der Waals surface area contributed by atoms with Crippen molar-refractivity contribution in [1.82, 2.24) is 5.32 Å². The number of carboxylic acid groups (broad SMARTS) is 1. The highest BCUT2D eigenvalue weighted by Gasteiger charge is 2.44. The second kappa shape index (κ2) is 3.59. The number of hydrogen-bond donors (Lipinski definition) is 2. The van der Waals surface area contributed by atoms with Crippen LogP contribution in [0, 0.1) is 17.8 Å². The summed E-state index contributed by atoms with van der Waals surface area (Å²) in [6.07, 6.45) is 3.59. The fourth-order valence-corrected chi connectivity index (χ4v) is 2.30. The highest BCUT2D eigenvalue weighted by Crippen LogP contribution is 2.42. The number of amides is 1. The van der Waals surface area contributed by atoms with E-state index in [9.17, 15) is 9.59 Å². The standard InChI is InChI=1S/C10H15NO3/c12-9-7(2-1-5-11-9)8(10(13)14)6-3-4-6/h6-8H,1-5H2,(H,11,12)(H,13,14). The molecule has 1 heterocycles. The maximum absolute atomic E-state index is 11.5. The van der Waals surface area contributed by atoms with Crippen LogP contribution in [0.25, 0.3) is 0 Å². The smallest absolute Gasteiger partial charge is 0.307 e. The third kappa shape index (κ3) is 1.74. The van der Waals surface area contributed by atoms with Gasteiger partial charge in [0.2, 0.25) is 5.91 Å². The summed E-state index contributed by atoms with van der Waals surface area (Å²) >= 11 is 0. The van der Waals surface area contributed by atoms with Gasteiger partial charge in [-0.05, 0) is 31.6 Å². The Hall–Kier alpha value is -1.06. The van der Waals surface area contributed by atoms with Crippen LogP contribution in [0.5, 0.6) is 0 Å². The molecule has 2 fully saturated rings. The number of carbonyl (C=O) groups excluding carboxylic acids is 1. The average Bonchev–Trinajstić information content (AvgIpc) is 2.92. The van der Waals surface area contributed by atoms with Gasteiger partial charge in [-0.3, -0.25) is 9.59 Å². The van der Waals surface area contributed by atoms with Crippen molar-refractivity contribution in [3.63, 3.8) is 0 Å². The Morgan fingerprint density at radius 3 is 2.64 bits per heavy atom. The molecule has 14 heavy (non-hydrogen) atoms. The van der Waals surface area contributed by atoms with Crippen molar-refractivity contribution in [2.24, 2.45) is 17.8 Å². The molecule has 1 saturated carbocycles. The fourth-order valence-electron chi connectivity index (χ4n) is 2.30. The minimum atomic E-state index is -0.797. The Balaban J connectivity index is 2.08. The third-order valence-electron chi connectivity index (χ3n) is 3.18. The second-order valence-corrected chi connectivity index (χ2v) is 4.24. The molecule has 0 aromatic carbocycles. The first-order valence-electron chi connectivity index (χ1n) is 5.20. The van der Waals surface area contributed by atoms with Crippen LogP contribution in [-0.2, 0) is 9.59 Å². The zero-order valence-electron chi connectivity index (χ0n) is 8.03. The monoisotopic (exact) mass is 197 g/mol. The van der Waals surface area contributed by atoms with Crippen LogP contribution in [0.1, 0.15) is 25.7 Å². The van der Waals surface area contributed by atoms with E-state index in [-0.39, 0.29) is 17.7 Å². The summed E-state index contributed by atoms with van der Waals surface area (Å²) in [6, 6.07) is 0. The molecule has 2 unspecified atom stereocenters. The summed E-state index contributed by atoms with van der Waals surface area (Å²) in [7, 11) is 0. The molecular formula is C10H15NO3. The topological polar surface area (TPSA) is 66.4 Å². The van der Waals surface area contributed by atoms with Gasteiger partial charge in [-0.1, -0.05) is 0 Å². The van der Waals surface area contributed by atoms with E-state index >= 15 is 0 Å². The number of nitrogens with one attached hydrogen (secondary N) is 1. The van der Waals surface area contributed by atoms with E-state index in [1.807, 2.05) is 0 Å². The minimum absolute atomic E-state index is 0.0597. The van der Waals surface area contributed by atoms with Crippen LogP contribution in [0.2, 0.25) is 0 Å². The van der Waals surface area contributed by atoms with Crippen molar-refractivity contribution in [2.75, 3.05) is 6.54 Å². The maximum Gasteiger partial charge on any atom is 0.307 e. The van der Waals surface area contributed by atoms with Gasteiger partial charge in [0.25, 0.3) is 0 Å². The van der Waals surface area contributed by atoms with Crippen LogP contribution in [-0.4, -0.2) is 23.5 Å². The summed E-state index contributed by atoms with van der Waals surface area (Å²) in [5.74, 6) is -1.32. The van der Waals surface area contributed by atoms with Crippen LogP contribution in [0.3, 0.4) is 0 Å². The lowest BCUT2D eigenvalue weighted by atomic mass is 9.82. The molecule has 1 saturated heterocycles. The lowest BCUT2D eigenvalue weighted by molar-refractivity contribution is -0.149. The lowest BCUT2D eigenvalue weighted by Gasteiger charge is -2.26. The fraction of sp³-hybridized carbons (Fsp3) is 0.800. The predicted octanol–water partition coefficient (Wildman–Crippen LogP) is 0.623. The zero-order chi connectivity index (χ0) is 10.1. The van der Waals surface area contributed by atoms with E-state index in [2.05, 4.69) is 5.32 Å². The normalized spacial score (nSPS) is 29.4. The number of carboxylic acids is 1. The van der Waals surface area contributed by atoms with Gasteiger partial charge in [-0.25, -0.2) is 0 Å². The number of piperidine rings is 1. The van der Waals surface area contributed by atoms with Crippen molar-refractivity contribution in [2.45, 2.75) is 25.7 Å². The molecule has 1 aliphatic heterocycles. The molecular weight excluding hydrogens is 182 g/mol. The molecule has 2 aliphatic rings. The number of rotatable bonds is 3. The Bertz CT molecular complexity index is 260. The van der Waals surface area contributed by atoms with Crippen molar-refractivity contribution >= 4 is 11.9 Å². The molecule has 2 N–H and O–H groups in total. The second-order valence-electron chi connectivity index (χ2n) is 4.24. The molecule has 4 heteroatoms. The van der Waals surface area contributed by atoms with Gasteiger partial charge in [-0.15, -0.1) is 0 Å². The van der Waals surface area contributed by atoms with Gasteiger partial charge in [0.1, 0.15) is 0 Å². The first-order chi connectivity index (χ1) is 6.70. The molecule has 4 nitrogen and oxygen atoms in total. The van der Waals surface area contributed by atoms with E-state index in [0.717, 1.165) is 25.7 Å². The zero-order valence-corrected chi connectivity index (χ0v) is 8.03. The summed E-state index contributed by atoms with van der Waals surface area (Å²) < 4.78 is 0. The third-order valence-corrected chi connectivity index (χ3v) is 3.18. The van der Waals surface area contributed by atoms with E-state index in [0.29, 0.717) is 6.54 Å². The highest BCUT2D eigenvalue weighted by molar-refractivity contribution is 5.85. The summed E-state index contributed by atoms with van der Waals surface area (Å²) in [4.78, 5) is 22.5. The molecule has 2 atom stereocenters. The van der Waals surface area contributed by atoms with E-state index in [1.54, 1.807) is 0 Å². The largest absolute Gasteiger partial charge is 0.481 e. The molecule has 0 radical (unpaired) electrons. The molecule has 1 amide bonds. The van der Waals surface area contributed by atoms with Gasteiger partial charge >= 0.3 is 5.97 Å². The molecule has 0 spiro atoms. The maximum atomic E-state index is 11.5. The first kappa shape index (κ1) is 9.49. The average molecular weight is 197 g/mol. The molecule has 2 rings (SSSR count). The number of carbonyl (C=O) groups is 2. The lowest BCUT2D eigenvalue weighted by Crippen LogP contribution is -2.43. The Labute approximate surface area is 82.7 Å². The molecule has 78 valence electrons. The van der Waals surface area contributed by atoms with Crippen molar-refractivity contribution < 1.29 is 14.7 Å². The molecule has 0 bridgehead atoms. The SMILES string of the molecule is O=C1NCCCC1C(C(=O)O)C1CC1. The molecule has 0 aromatic rings. The van der Waals surface area contributed by atoms with Gasteiger partial charge in [0.15, 0.2) is 0 Å². The Kier molecular flexibility index (Phi) is 2.44. The van der Waals surface area contributed by atoms with Gasteiger partial charge in [-0.2, -0.15) is 0 Å². The summed E-state index contributed by atoms with van der Waals surface area (Å²) in [5, 5.41) is 11.8. The van der Waals surface area contributed by atoms with E-state index in [1.165, 1.54) is 0 Å². The van der Waals surface area contributed by atoms with Crippen LogP contribution in [0.15, 0.2) is 0 Å². The number of aliphatic carboxylic acids is 1. The predicted molar refractivity (Wildman–Crippen MR) is 49.6 cm³/mol. The van der Waals surface area contributed by atoms with Crippen molar-refractivity contribution in [3.05, 3.63) is 0 Å². The van der Waals surface area contributed by atoms with Gasteiger partial charge < -0.3 is 10.4 Å². The first-order valence-corrected chi connectivity index (χ1v) is 5.20. The van der Waals surface area contributed by atoms with Crippen LogP contribution < -0.4 is 5.32 Å². The van der Waals surface area contributed by atoms with Gasteiger partial charge in [0, 0.05) is 6.54 Å². The summed E-state index contributed by atoms with van der Waals surface area (Å²) in [5.41, 5.74) is 0. The molecule has 1 aliphatic carbocycles. The summed E-state index contributed by atoms with van der Waals surface area (Å²) in [6.45, 7) is 0.701. The highest BCUT2D eigenvalue weighted by atomic mass is 16.4. The molecule has 0 aromatic heterocycles. The quantitative estimate of drug-likeness (QED) is 0.697. The van der Waals surface area contributed by atoms with Crippen LogP contribution >= 0.6 is 0 Å². The number of hydrogen-bond acceptors (Lipinski definition) is 2. The Morgan fingerprint density at radius 2 is 2.14 bits per heavy atom. The Morgan fingerprint density at radius 1 is 1.43 bits per heavy atom. The van der Waals surface area contributed by atoms with E-state index < -0.39 is 11.9 Å². The van der Waals surface area contributed by atoms with Gasteiger partial charge in [0.05, 0.1) is 11.8 Å². The minimum Gasteiger partial charge on any atom is -0.481 e.